The number of thiol groups is 1. The highest BCUT2D eigenvalue weighted by Gasteiger charge is 2.13. The van der Waals surface area contributed by atoms with Gasteiger partial charge in [-0.25, -0.2) is 0 Å². The SMILES string of the molecule is CCC(CS)CN1CCOCC1. The third-order valence-corrected chi connectivity index (χ3v) is 2.97. The second-order valence-corrected chi connectivity index (χ2v) is 3.73. The van der Waals surface area contributed by atoms with Crippen LogP contribution in [0.5, 0.6) is 0 Å². The van der Waals surface area contributed by atoms with E-state index in [4.69, 9.17) is 4.74 Å². The van der Waals surface area contributed by atoms with Gasteiger partial charge in [0.2, 0.25) is 0 Å². The molecule has 1 aliphatic heterocycles. The lowest BCUT2D eigenvalue weighted by Gasteiger charge is -2.29. The molecule has 0 amide bonds. The molecule has 1 unspecified atom stereocenters. The highest BCUT2D eigenvalue weighted by Crippen LogP contribution is 2.08. The maximum atomic E-state index is 5.29. The van der Waals surface area contributed by atoms with Crippen molar-refractivity contribution >= 4 is 12.6 Å². The van der Waals surface area contributed by atoms with Crippen LogP contribution < -0.4 is 0 Å². The minimum Gasteiger partial charge on any atom is -0.379 e. The smallest absolute Gasteiger partial charge is 0.0594 e. The zero-order valence-corrected chi connectivity index (χ0v) is 8.72. The van der Waals surface area contributed by atoms with E-state index >= 15 is 0 Å². The Morgan fingerprint density at radius 1 is 1.42 bits per heavy atom. The summed E-state index contributed by atoms with van der Waals surface area (Å²) in [6.07, 6.45) is 1.24. The van der Waals surface area contributed by atoms with Crippen LogP contribution in [0.25, 0.3) is 0 Å². The molecule has 72 valence electrons. The maximum absolute atomic E-state index is 5.29. The van der Waals surface area contributed by atoms with Gasteiger partial charge in [-0.2, -0.15) is 12.6 Å². The first-order chi connectivity index (χ1) is 5.86. The van der Waals surface area contributed by atoms with Crippen molar-refractivity contribution in [3.63, 3.8) is 0 Å². The topological polar surface area (TPSA) is 12.5 Å². The van der Waals surface area contributed by atoms with E-state index in [1.807, 2.05) is 0 Å². The summed E-state index contributed by atoms with van der Waals surface area (Å²) in [5.41, 5.74) is 0. The van der Waals surface area contributed by atoms with Gasteiger partial charge in [-0.05, 0) is 11.7 Å². The van der Waals surface area contributed by atoms with Gasteiger partial charge in [-0.1, -0.05) is 13.3 Å². The van der Waals surface area contributed by atoms with Crippen LogP contribution in [0.1, 0.15) is 13.3 Å². The fourth-order valence-corrected chi connectivity index (χ4v) is 1.84. The molecule has 0 bridgehead atoms. The summed E-state index contributed by atoms with van der Waals surface area (Å²) >= 11 is 4.34. The molecule has 0 saturated carbocycles. The average molecular weight is 189 g/mol. The zero-order chi connectivity index (χ0) is 8.81. The molecule has 0 aliphatic carbocycles. The summed E-state index contributed by atoms with van der Waals surface area (Å²) in [7, 11) is 0. The summed E-state index contributed by atoms with van der Waals surface area (Å²) in [5, 5.41) is 0. The van der Waals surface area contributed by atoms with E-state index in [1.165, 1.54) is 13.0 Å². The summed E-state index contributed by atoms with van der Waals surface area (Å²) < 4.78 is 5.29. The van der Waals surface area contributed by atoms with Crippen LogP contribution in [0.15, 0.2) is 0 Å². The number of rotatable bonds is 4. The predicted molar refractivity (Wildman–Crippen MR) is 54.9 cm³/mol. The van der Waals surface area contributed by atoms with Gasteiger partial charge in [0, 0.05) is 19.6 Å². The van der Waals surface area contributed by atoms with E-state index in [0.29, 0.717) is 0 Å². The molecule has 0 spiro atoms. The Balaban J connectivity index is 2.18. The Kier molecular flexibility index (Phi) is 5.04. The van der Waals surface area contributed by atoms with Gasteiger partial charge < -0.3 is 4.74 Å². The summed E-state index contributed by atoms with van der Waals surface area (Å²) in [6.45, 7) is 7.45. The quantitative estimate of drug-likeness (QED) is 0.669. The van der Waals surface area contributed by atoms with Gasteiger partial charge in [0.25, 0.3) is 0 Å². The monoisotopic (exact) mass is 189 g/mol. The third-order valence-electron chi connectivity index (χ3n) is 2.46. The molecular formula is C9H19NOS. The Morgan fingerprint density at radius 3 is 2.58 bits per heavy atom. The van der Waals surface area contributed by atoms with Crippen molar-refractivity contribution in [1.82, 2.24) is 4.90 Å². The molecule has 1 atom stereocenters. The molecule has 0 aromatic carbocycles. The van der Waals surface area contributed by atoms with Gasteiger partial charge in [0.15, 0.2) is 0 Å². The van der Waals surface area contributed by atoms with E-state index in [9.17, 15) is 0 Å². The lowest BCUT2D eigenvalue weighted by atomic mass is 10.1. The minimum absolute atomic E-state index is 0.756. The Bertz CT molecular complexity index is 111. The first-order valence-corrected chi connectivity index (χ1v) is 5.41. The van der Waals surface area contributed by atoms with Crippen molar-refractivity contribution in [3.8, 4) is 0 Å². The van der Waals surface area contributed by atoms with Crippen molar-refractivity contribution < 1.29 is 4.74 Å². The van der Waals surface area contributed by atoms with Gasteiger partial charge in [-0.15, -0.1) is 0 Å². The van der Waals surface area contributed by atoms with E-state index in [2.05, 4.69) is 24.5 Å². The van der Waals surface area contributed by atoms with E-state index in [0.717, 1.165) is 38.0 Å². The van der Waals surface area contributed by atoms with Crippen molar-refractivity contribution in [1.29, 1.82) is 0 Å². The first kappa shape index (κ1) is 10.4. The molecule has 1 saturated heterocycles. The predicted octanol–water partition coefficient (Wildman–Crippen LogP) is 1.27. The molecular weight excluding hydrogens is 170 g/mol. The molecule has 12 heavy (non-hydrogen) atoms. The Hall–Kier alpha value is 0.270. The molecule has 0 aromatic heterocycles. The van der Waals surface area contributed by atoms with Gasteiger partial charge in [0.1, 0.15) is 0 Å². The summed E-state index contributed by atoms with van der Waals surface area (Å²) in [4.78, 5) is 2.48. The zero-order valence-electron chi connectivity index (χ0n) is 7.83. The fourth-order valence-electron chi connectivity index (χ4n) is 1.46. The number of morpholine rings is 1. The highest BCUT2D eigenvalue weighted by atomic mass is 32.1. The van der Waals surface area contributed by atoms with Crippen molar-refractivity contribution in [2.24, 2.45) is 5.92 Å². The number of ether oxygens (including phenoxy) is 1. The molecule has 0 radical (unpaired) electrons. The van der Waals surface area contributed by atoms with Crippen LogP contribution in [0, 0.1) is 5.92 Å². The maximum Gasteiger partial charge on any atom is 0.0594 e. The second kappa shape index (κ2) is 5.84. The highest BCUT2D eigenvalue weighted by molar-refractivity contribution is 7.80. The second-order valence-electron chi connectivity index (χ2n) is 3.37. The van der Waals surface area contributed by atoms with Gasteiger partial charge >= 0.3 is 0 Å². The van der Waals surface area contributed by atoms with Crippen LogP contribution in [0.2, 0.25) is 0 Å². The van der Waals surface area contributed by atoms with Crippen LogP contribution in [-0.4, -0.2) is 43.5 Å². The van der Waals surface area contributed by atoms with Crippen LogP contribution in [0.3, 0.4) is 0 Å². The molecule has 0 aromatic rings. The standard InChI is InChI=1S/C9H19NOS/c1-2-9(8-12)7-10-3-5-11-6-4-10/h9,12H,2-8H2,1H3. The molecule has 1 fully saturated rings. The molecule has 3 heteroatoms. The fraction of sp³-hybridized carbons (Fsp3) is 1.00. The summed E-state index contributed by atoms with van der Waals surface area (Å²) in [5.74, 6) is 1.76. The van der Waals surface area contributed by atoms with Crippen molar-refractivity contribution in [3.05, 3.63) is 0 Å². The number of nitrogens with zero attached hydrogens (tertiary/aromatic N) is 1. The third kappa shape index (κ3) is 3.33. The molecule has 1 heterocycles. The largest absolute Gasteiger partial charge is 0.379 e. The minimum atomic E-state index is 0.756. The summed E-state index contributed by atoms with van der Waals surface area (Å²) in [6, 6.07) is 0. The first-order valence-electron chi connectivity index (χ1n) is 4.77. The van der Waals surface area contributed by atoms with Crippen LogP contribution >= 0.6 is 12.6 Å². The van der Waals surface area contributed by atoms with Gasteiger partial charge in [0.05, 0.1) is 13.2 Å². The number of hydrogen-bond acceptors (Lipinski definition) is 3. The van der Waals surface area contributed by atoms with Gasteiger partial charge in [-0.3, -0.25) is 4.90 Å². The van der Waals surface area contributed by atoms with E-state index in [1.54, 1.807) is 0 Å². The van der Waals surface area contributed by atoms with Crippen LogP contribution in [-0.2, 0) is 4.74 Å². The molecule has 1 aliphatic rings. The van der Waals surface area contributed by atoms with E-state index < -0.39 is 0 Å². The average Bonchev–Trinajstić information content (AvgIpc) is 2.16. The van der Waals surface area contributed by atoms with Crippen LogP contribution in [0.4, 0.5) is 0 Å². The molecule has 2 nitrogen and oxygen atoms in total. The lowest BCUT2D eigenvalue weighted by molar-refractivity contribution is 0.0319. The Labute approximate surface area is 80.7 Å². The number of hydrogen-bond donors (Lipinski definition) is 1. The van der Waals surface area contributed by atoms with Crippen molar-refractivity contribution in [2.75, 3.05) is 38.6 Å². The normalized spacial score (nSPS) is 22.5. The van der Waals surface area contributed by atoms with E-state index in [-0.39, 0.29) is 0 Å². The lowest BCUT2D eigenvalue weighted by Crippen LogP contribution is -2.39. The Morgan fingerprint density at radius 2 is 2.08 bits per heavy atom. The molecule has 1 rings (SSSR count). The van der Waals surface area contributed by atoms with Crippen molar-refractivity contribution in [2.45, 2.75) is 13.3 Å². The molecule has 0 N–H and O–H groups in total.